The average Bonchev–Trinajstić information content (AvgIpc) is 2.89. The summed E-state index contributed by atoms with van der Waals surface area (Å²) in [7, 11) is 0. The van der Waals surface area contributed by atoms with Crippen molar-refractivity contribution in [1.82, 2.24) is 14.9 Å². The molecule has 90 valence electrons. The van der Waals surface area contributed by atoms with E-state index in [0.29, 0.717) is 19.8 Å². The lowest BCUT2D eigenvalue weighted by Gasteiger charge is -2.20. The Balaban J connectivity index is 1.55. The van der Waals surface area contributed by atoms with Gasteiger partial charge < -0.3 is 19.7 Å². The van der Waals surface area contributed by atoms with Crippen molar-refractivity contribution in [3.05, 3.63) is 18.7 Å². The fraction of sp³-hybridized carbons (Fsp3) is 0.727. The Morgan fingerprint density at radius 3 is 3.19 bits per heavy atom. The van der Waals surface area contributed by atoms with Crippen LogP contribution in [0.25, 0.3) is 0 Å². The molecule has 2 rings (SSSR count). The van der Waals surface area contributed by atoms with Crippen LogP contribution in [-0.2, 0) is 11.3 Å². The molecular weight excluding hydrogens is 206 g/mol. The molecular formula is C11H19N3O2. The first-order valence-corrected chi connectivity index (χ1v) is 5.75. The van der Waals surface area contributed by atoms with Gasteiger partial charge >= 0.3 is 0 Å². The summed E-state index contributed by atoms with van der Waals surface area (Å²) < 4.78 is 7.22. The fourth-order valence-electron chi connectivity index (χ4n) is 1.86. The zero-order valence-electron chi connectivity index (χ0n) is 9.43. The number of hydrogen-bond acceptors (Lipinski definition) is 4. The van der Waals surface area contributed by atoms with E-state index in [1.54, 1.807) is 6.20 Å². The number of imidazole rings is 1. The van der Waals surface area contributed by atoms with Crippen LogP contribution in [0, 0.1) is 0 Å². The summed E-state index contributed by atoms with van der Waals surface area (Å²) in [6, 6.07) is 0. The van der Waals surface area contributed by atoms with Gasteiger partial charge in [0.05, 0.1) is 12.9 Å². The summed E-state index contributed by atoms with van der Waals surface area (Å²) in [5.41, 5.74) is -0.644. The van der Waals surface area contributed by atoms with Gasteiger partial charge in [0.25, 0.3) is 0 Å². The molecule has 0 amide bonds. The third-order valence-electron chi connectivity index (χ3n) is 2.87. The molecule has 1 saturated heterocycles. The molecule has 1 aromatic heterocycles. The molecule has 1 unspecified atom stereocenters. The predicted octanol–water partition coefficient (Wildman–Crippen LogP) is 0.0142. The predicted molar refractivity (Wildman–Crippen MR) is 60.1 cm³/mol. The quantitative estimate of drug-likeness (QED) is 0.670. The van der Waals surface area contributed by atoms with E-state index in [4.69, 9.17) is 4.74 Å². The first-order chi connectivity index (χ1) is 7.79. The lowest BCUT2D eigenvalue weighted by Crippen LogP contribution is -2.41. The van der Waals surface area contributed by atoms with Gasteiger partial charge in [-0.05, 0) is 13.0 Å². The first kappa shape index (κ1) is 11.6. The van der Waals surface area contributed by atoms with Crippen molar-refractivity contribution < 1.29 is 9.84 Å². The molecule has 1 fully saturated rings. The lowest BCUT2D eigenvalue weighted by atomic mass is 10.0. The van der Waals surface area contributed by atoms with E-state index in [9.17, 15) is 5.11 Å². The Morgan fingerprint density at radius 2 is 2.50 bits per heavy atom. The topological polar surface area (TPSA) is 59.3 Å². The van der Waals surface area contributed by atoms with Gasteiger partial charge in [-0.3, -0.25) is 0 Å². The molecule has 2 heterocycles. The van der Waals surface area contributed by atoms with Gasteiger partial charge in [-0.2, -0.15) is 0 Å². The van der Waals surface area contributed by atoms with Gasteiger partial charge in [-0.25, -0.2) is 4.98 Å². The van der Waals surface area contributed by atoms with E-state index in [-0.39, 0.29) is 0 Å². The maximum Gasteiger partial charge on any atom is 0.102 e. The van der Waals surface area contributed by atoms with Crippen LogP contribution in [0.15, 0.2) is 18.7 Å². The van der Waals surface area contributed by atoms with E-state index in [1.807, 2.05) is 12.5 Å². The summed E-state index contributed by atoms with van der Waals surface area (Å²) in [5, 5.41) is 13.2. The molecule has 0 bridgehead atoms. The molecule has 1 aliphatic heterocycles. The van der Waals surface area contributed by atoms with Crippen molar-refractivity contribution in [3.63, 3.8) is 0 Å². The molecule has 0 aliphatic carbocycles. The van der Waals surface area contributed by atoms with Crippen LogP contribution in [0.3, 0.4) is 0 Å². The number of aryl methyl sites for hydroxylation is 1. The van der Waals surface area contributed by atoms with Crippen LogP contribution in [0.1, 0.15) is 12.8 Å². The van der Waals surface area contributed by atoms with Crippen LogP contribution in [0.4, 0.5) is 0 Å². The highest BCUT2D eigenvalue weighted by Gasteiger charge is 2.31. The molecule has 0 aromatic carbocycles. The lowest BCUT2D eigenvalue weighted by molar-refractivity contribution is 0.0272. The van der Waals surface area contributed by atoms with Crippen LogP contribution in [-0.4, -0.2) is 46.6 Å². The maximum absolute atomic E-state index is 9.97. The molecule has 0 spiro atoms. The third kappa shape index (κ3) is 3.30. The van der Waals surface area contributed by atoms with Gasteiger partial charge in [-0.15, -0.1) is 0 Å². The normalized spacial score (nSPS) is 25.1. The highest BCUT2D eigenvalue weighted by molar-refractivity contribution is 4.84. The number of nitrogens with zero attached hydrogens (tertiary/aromatic N) is 2. The zero-order chi connectivity index (χ0) is 11.3. The molecule has 0 saturated carbocycles. The minimum Gasteiger partial charge on any atom is -0.386 e. The van der Waals surface area contributed by atoms with E-state index < -0.39 is 5.60 Å². The Bertz CT molecular complexity index is 294. The summed E-state index contributed by atoms with van der Waals surface area (Å²) in [6.07, 6.45) is 7.33. The van der Waals surface area contributed by atoms with Crippen LogP contribution in [0.5, 0.6) is 0 Å². The molecule has 1 aliphatic rings. The van der Waals surface area contributed by atoms with Crippen molar-refractivity contribution in [1.29, 1.82) is 0 Å². The SMILES string of the molecule is OC1(CNCCCn2ccnc2)CCOC1. The number of aromatic nitrogens is 2. The molecule has 2 N–H and O–H groups in total. The van der Waals surface area contributed by atoms with Crippen molar-refractivity contribution >= 4 is 0 Å². The van der Waals surface area contributed by atoms with Gasteiger partial charge in [0.15, 0.2) is 0 Å². The standard InChI is InChI=1S/C11H19N3O2/c15-11(2-7-16-9-11)8-12-3-1-5-14-6-4-13-10-14/h4,6,10,12,15H,1-3,5,7-9H2. The van der Waals surface area contributed by atoms with Crippen molar-refractivity contribution in [2.45, 2.75) is 25.0 Å². The highest BCUT2D eigenvalue weighted by atomic mass is 16.5. The Labute approximate surface area is 95.4 Å². The summed E-state index contributed by atoms with van der Waals surface area (Å²) in [5.74, 6) is 0. The Morgan fingerprint density at radius 1 is 1.56 bits per heavy atom. The molecule has 1 aromatic rings. The van der Waals surface area contributed by atoms with Gasteiger partial charge in [-0.1, -0.05) is 0 Å². The summed E-state index contributed by atoms with van der Waals surface area (Å²) in [6.45, 7) is 3.62. The third-order valence-corrected chi connectivity index (χ3v) is 2.87. The smallest absolute Gasteiger partial charge is 0.102 e. The maximum atomic E-state index is 9.97. The fourth-order valence-corrected chi connectivity index (χ4v) is 1.86. The van der Waals surface area contributed by atoms with Gasteiger partial charge in [0.1, 0.15) is 5.60 Å². The second-order valence-electron chi connectivity index (χ2n) is 4.36. The van der Waals surface area contributed by atoms with Crippen molar-refractivity contribution in [2.75, 3.05) is 26.3 Å². The monoisotopic (exact) mass is 225 g/mol. The Kier molecular flexibility index (Phi) is 3.93. The van der Waals surface area contributed by atoms with E-state index in [0.717, 1.165) is 25.9 Å². The number of hydrogen-bond donors (Lipinski definition) is 2. The zero-order valence-corrected chi connectivity index (χ0v) is 9.43. The number of nitrogens with one attached hydrogen (secondary N) is 1. The summed E-state index contributed by atoms with van der Waals surface area (Å²) in [4.78, 5) is 3.98. The van der Waals surface area contributed by atoms with Crippen LogP contribution < -0.4 is 5.32 Å². The van der Waals surface area contributed by atoms with E-state index in [1.165, 1.54) is 0 Å². The number of aliphatic hydroxyl groups is 1. The minimum absolute atomic E-state index is 0.460. The molecule has 5 nitrogen and oxygen atoms in total. The van der Waals surface area contributed by atoms with E-state index in [2.05, 4.69) is 14.9 Å². The largest absolute Gasteiger partial charge is 0.386 e. The Hall–Kier alpha value is -0.910. The van der Waals surface area contributed by atoms with Gasteiger partial charge in [0.2, 0.25) is 0 Å². The van der Waals surface area contributed by atoms with Crippen molar-refractivity contribution in [3.8, 4) is 0 Å². The van der Waals surface area contributed by atoms with Crippen molar-refractivity contribution in [2.24, 2.45) is 0 Å². The number of ether oxygens (including phenoxy) is 1. The minimum atomic E-state index is -0.644. The molecule has 1 atom stereocenters. The second-order valence-corrected chi connectivity index (χ2v) is 4.36. The summed E-state index contributed by atoms with van der Waals surface area (Å²) >= 11 is 0. The van der Waals surface area contributed by atoms with Crippen LogP contribution in [0.2, 0.25) is 0 Å². The van der Waals surface area contributed by atoms with Gasteiger partial charge in [0, 0.05) is 38.5 Å². The highest BCUT2D eigenvalue weighted by Crippen LogP contribution is 2.16. The number of rotatable bonds is 6. The average molecular weight is 225 g/mol. The molecule has 0 radical (unpaired) electrons. The first-order valence-electron chi connectivity index (χ1n) is 5.75. The van der Waals surface area contributed by atoms with E-state index >= 15 is 0 Å². The molecule has 5 heteroatoms. The van der Waals surface area contributed by atoms with Crippen LogP contribution >= 0.6 is 0 Å². The second kappa shape index (κ2) is 5.43. The molecule has 16 heavy (non-hydrogen) atoms.